The van der Waals surface area contributed by atoms with E-state index in [-0.39, 0.29) is 11.4 Å². The van der Waals surface area contributed by atoms with Gasteiger partial charge in [0.25, 0.3) is 0 Å². The monoisotopic (exact) mass is 293 g/mol. The van der Waals surface area contributed by atoms with Crippen LogP contribution >= 0.6 is 0 Å². The second kappa shape index (κ2) is 6.40. The maximum absolute atomic E-state index is 12.0. The number of sulfonamides is 1. The molecule has 0 aliphatic rings. The lowest BCUT2D eigenvalue weighted by atomic mass is 10.3. The van der Waals surface area contributed by atoms with Crippen molar-refractivity contribution in [3.05, 3.63) is 42.5 Å². The summed E-state index contributed by atoms with van der Waals surface area (Å²) in [5.74, 6) is 0.403. The molecule has 0 saturated heterocycles. The van der Waals surface area contributed by atoms with Gasteiger partial charge in [-0.3, -0.25) is 4.98 Å². The Morgan fingerprint density at radius 3 is 2.40 bits per heavy atom. The molecule has 0 atom stereocenters. The minimum absolute atomic E-state index is 0.0354. The average Bonchev–Trinajstić information content (AvgIpc) is 2.47. The maximum Gasteiger partial charge on any atom is 0.243 e. The van der Waals surface area contributed by atoms with E-state index in [0.717, 1.165) is 5.56 Å². The van der Waals surface area contributed by atoms with Crippen molar-refractivity contribution in [3.8, 4) is 0 Å². The van der Waals surface area contributed by atoms with Crippen molar-refractivity contribution >= 4 is 16.0 Å². The Labute approximate surface area is 117 Å². The van der Waals surface area contributed by atoms with Gasteiger partial charge in [-0.1, -0.05) is 0 Å². The van der Waals surface area contributed by atoms with Crippen LogP contribution in [0.25, 0.3) is 0 Å². The number of nitrogens with zero attached hydrogens (tertiary/aromatic N) is 3. The van der Waals surface area contributed by atoms with Gasteiger partial charge in [-0.25, -0.2) is 23.1 Å². The smallest absolute Gasteiger partial charge is 0.243 e. The fraction of sp³-hybridized carbons (Fsp3) is 0.250. The zero-order valence-electron chi connectivity index (χ0n) is 10.9. The third kappa shape index (κ3) is 3.72. The Morgan fingerprint density at radius 1 is 1.15 bits per heavy atom. The van der Waals surface area contributed by atoms with Gasteiger partial charge in [0.1, 0.15) is 4.90 Å². The van der Waals surface area contributed by atoms with Crippen molar-refractivity contribution in [2.24, 2.45) is 0 Å². The van der Waals surface area contributed by atoms with Gasteiger partial charge < -0.3 is 5.32 Å². The molecular formula is C12H15N5O2S. The van der Waals surface area contributed by atoms with Crippen LogP contribution in [0.1, 0.15) is 12.5 Å². The Balaban J connectivity index is 2.06. The molecule has 2 aromatic rings. The molecular weight excluding hydrogens is 278 g/mol. The normalized spacial score (nSPS) is 11.2. The Bertz CT molecular complexity index is 643. The largest absolute Gasteiger partial charge is 0.355 e. The Hall–Kier alpha value is -2.06. The van der Waals surface area contributed by atoms with Gasteiger partial charge in [0.05, 0.1) is 12.4 Å². The van der Waals surface area contributed by atoms with E-state index in [9.17, 15) is 8.42 Å². The first-order chi connectivity index (χ1) is 9.62. The molecule has 0 bridgehead atoms. The van der Waals surface area contributed by atoms with Crippen LogP contribution in [-0.4, -0.2) is 29.9 Å². The zero-order chi connectivity index (χ0) is 14.4. The van der Waals surface area contributed by atoms with Gasteiger partial charge in [-0.15, -0.1) is 0 Å². The Morgan fingerprint density at radius 2 is 1.80 bits per heavy atom. The first-order valence-electron chi connectivity index (χ1n) is 6.06. The summed E-state index contributed by atoms with van der Waals surface area (Å²) >= 11 is 0. The lowest BCUT2D eigenvalue weighted by Gasteiger charge is -2.07. The highest BCUT2D eigenvalue weighted by atomic mass is 32.2. The van der Waals surface area contributed by atoms with E-state index >= 15 is 0 Å². The third-order valence-corrected chi connectivity index (χ3v) is 3.84. The van der Waals surface area contributed by atoms with Crippen molar-refractivity contribution in [3.63, 3.8) is 0 Å². The minimum Gasteiger partial charge on any atom is -0.355 e. The summed E-state index contributed by atoms with van der Waals surface area (Å²) in [6.45, 7) is 2.77. The summed E-state index contributed by atoms with van der Waals surface area (Å²) in [5, 5.41) is 2.90. The summed E-state index contributed by atoms with van der Waals surface area (Å²) in [6.07, 6.45) is 5.77. The molecule has 7 nitrogen and oxygen atoms in total. The maximum atomic E-state index is 12.0. The molecule has 2 aromatic heterocycles. The quantitative estimate of drug-likeness (QED) is 0.817. The van der Waals surface area contributed by atoms with Gasteiger partial charge in [0, 0.05) is 25.5 Å². The van der Waals surface area contributed by atoms with Crippen LogP contribution in [-0.2, 0) is 16.6 Å². The molecule has 0 saturated carbocycles. The number of anilines is 1. The van der Waals surface area contributed by atoms with E-state index in [1.807, 2.05) is 6.92 Å². The molecule has 2 heterocycles. The van der Waals surface area contributed by atoms with Crippen molar-refractivity contribution in [1.29, 1.82) is 0 Å². The van der Waals surface area contributed by atoms with E-state index in [1.54, 1.807) is 24.5 Å². The van der Waals surface area contributed by atoms with Gasteiger partial charge in [0.15, 0.2) is 0 Å². The topological polar surface area (TPSA) is 96.9 Å². The summed E-state index contributed by atoms with van der Waals surface area (Å²) in [5.41, 5.74) is 0.828. The van der Waals surface area contributed by atoms with Crippen LogP contribution in [0.4, 0.5) is 5.95 Å². The molecule has 0 radical (unpaired) electrons. The second-order valence-electron chi connectivity index (χ2n) is 3.95. The van der Waals surface area contributed by atoms with Gasteiger partial charge >= 0.3 is 0 Å². The van der Waals surface area contributed by atoms with Crippen LogP contribution in [0.15, 0.2) is 41.8 Å². The summed E-state index contributed by atoms with van der Waals surface area (Å²) in [6, 6.07) is 3.49. The van der Waals surface area contributed by atoms with Crippen LogP contribution in [0, 0.1) is 0 Å². The number of aromatic nitrogens is 3. The molecule has 20 heavy (non-hydrogen) atoms. The SMILES string of the molecule is CCNc1ncc(S(=O)(=O)NCc2ccncc2)cn1. The second-order valence-corrected chi connectivity index (χ2v) is 5.72. The van der Waals surface area contributed by atoms with E-state index < -0.39 is 10.0 Å². The van der Waals surface area contributed by atoms with Crippen molar-refractivity contribution < 1.29 is 8.42 Å². The number of rotatable bonds is 6. The molecule has 0 aromatic carbocycles. The zero-order valence-corrected chi connectivity index (χ0v) is 11.8. The van der Waals surface area contributed by atoms with Gasteiger partial charge in [-0.05, 0) is 24.6 Å². The number of hydrogen-bond donors (Lipinski definition) is 2. The van der Waals surface area contributed by atoms with Crippen molar-refractivity contribution in [1.82, 2.24) is 19.7 Å². The van der Waals surface area contributed by atoms with Crippen LogP contribution in [0.2, 0.25) is 0 Å². The fourth-order valence-electron chi connectivity index (χ4n) is 1.47. The lowest BCUT2D eigenvalue weighted by Crippen LogP contribution is -2.23. The Kier molecular flexibility index (Phi) is 4.59. The molecule has 0 aliphatic carbocycles. The standard InChI is InChI=1S/C12H15N5O2S/c1-2-14-12-15-8-11(9-16-12)20(18,19)17-7-10-3-5-13-6-4-10/h3-6,8-9,17H,2,7H2,1H3,(H,14,15,16). The highest BCUT2D eigenvalue weighted by Gasteiger charge is 2.14. The molecule has 0 fully saturated rings. The fourth-order valence-corrected chi connectivity index (χ4v) is 2.37. The van der Waals surface area contributed by atoms with Crippen molar-refractivity contribution in [2.45, 2.75) is 18.4 Å². The van der Waals surface area contributed by atoms with E-state index in [4.69, 9.17) is 0 Å². The molecule has 2 N–H and O–H groups in total. The number of pyridine rings is 1. The summed E-state index contributed by atoms with van der Waals surface area (Å²) < 4.78 is 26.6. The highest BCUT2D eigenvalue weighted by molar-refractivity contribution is 7.89. The number of hydrogen-bond acceptors (Lipinski definition) is 6. The van der Waals surface area contributed by atoms with E-state index in [2.05, 4.69) is 25.0 Å². The lowest BCUT2D eigenvalue weighted by molar-refractivity contribution is 0.580. The minimum atomic E-state index is -3.61. The molecule has 0 aliphatic heterocycles. The first kappa shape index (κ1) is 14.4. The summed E-state index contributed by atoms with van der Waals surface area (Å²) in [7, 11) is -3.61. The molecule has 2 rings (SSSR count). The first-order valence-corrected chi connectivity index (χ1v) is 7.54. The van der Waals surface area contributed by atoms with Crippen LogP contribution in [0.5, 0.6) is 0 Å². The van der Waals surface area contributed by atoms with Crippen LogP contribution in [0.3, 0.4) is 0 Å². The van der Waals surface area contributed by atoms with Gasteiger partial charge in [-0.2, -0.15) is 0 Å². The molecule has 0 spiro atoms. The van der Waals surface area contributed by atoms with Crippen molar-refractivity contribution in [2.75, 3.05) is 11.9 Å². The van der Waals surface area contributed by atoms with E-state index in [0.29, 0.717) is 12.5 Å². The van der Waals surface area contributed by atoms with Gasteiger partial charge in [0.2, 0.25) is 16.0 Å². The van der Waals surface area contributed by atoms with E-state index in [1.165, 1.54) is 12.4 Å². The highest BCUT2D eigenvalue weighted by Crippen LogP contribution is 2.08. The average molecular weight is 293 g/mol. The number of nitrogens with one attached hydrogen (secondary N) is 2. The third-order valence-electron chi connectivity index (χ3n) is 2.49. The molecule has 0 amide bonds. The molecule has 8 heteroatoms. The predicted octanol–water partition coefficient (Wildman–Crippen LogP) is 0.782. The molecule has 106 valence electrons. The summed E-state index contributed by atoms with van der Waals surface area (Å²) in [4.78, 5) is 11.8. The predicted molar refractivity (Wildman–Crippen MR) is 74.5 cm³/mol. The van der Waals surface area contributed by atoms with Crippen LogP contribution < -0.4 is 10.0 Å². The molecule has 0 unspecified atom stereocenters.